The summed E-state index contributed by atoms with van der Waals surface area (Å²) in [4.78, 5) is 10.0. The highest BCUT2D eigenvalue weighted by Crippen LogP contribution is 2.21. The molecule has 0 aliphatic rings. The maximum atomic E-state index is 12.6. The van der Waals surface area contributed by atoms with Crippen LogP contribution < -0.4 is 0 Å². The van der Waals surface area contributed by atoms with E-state index in [-0.39, 0.29) is 5.76 Å². The molecule has 0 unspecified atom stereocenters. The van der Waals surface area contributed by atoms with Crippen molar-refractivity contribution in [3.63, 3.8) is 0 Å². The summed E-state index contributed by atoms with van der Waals surface area (Å²) in [5.41, 5.74) is 0.691. The van der Waals surface area contributed by atoms with E-state index in [2.05, 4.69) is 0 Å². The minimum absolute atomic E-state index is 0.0232. The van der Waals surface area contributed by atoms with Gasteiger partial charge in [0.15, 0.2) is 0 Å². The second kappa shape index (κ2) is 3.16. The van der Waals surface area contributed by atoms with Crippen LogP contribution in [-0.4, -0.2) is 17.0 Å². The minimum Gasteiger partial charge on any atom is -0.477 e. The number of hydrogen-bond acceptors (Lipinski definition) is 2. The first-order valence-electron chi connectivity index (χ1n) is 3.57. The van der Waals surface area contributed by atoms with E-state index in [9.17, 15) is 13.6 Å². The van der Waals surface area contributed by atoms with Crippen LogP contribution in [0.25, 0.3) is 0 Å². The van der Waals surface area contributed by atoms with Crippen molar-refractivity contribution >= 4 is 5.97 Å². The van der Waals surface area contributed by atoms with Gasteiger partial charge < -0.3 is 9.52 Å². The summed E-state index contributed by atoms with van der Waals surface area (Å²) in [6.45, 7) is 1.67. The number of carboxylic acids is 1. The Labute approximate surface area is 73.0 Å². The molecule has 1 rings (SSSR count). The number of carbonyl (C=O) groups is 1. The average molecular weight is 190 g/mol. The lowest BCUT2D eigenvalue weighted by molar-refractivity contribution is -0.164. The topological polar surface area (TPSA) is 50.4 Å². The van der Waals surface area contributed by atoms with Crippen molar-refractivity contribution in [1.29, 1.82) is 0 Å². The zero-order valence-electron chi connectivity index (χ0n) is 6.88. The van der Waals surface area contributed by atoms with Crippen LogP contribution in [0.5, 0.6) is 0 Å². The molecular formula is C8H8F2O3. The Bertz CT molecular complexity index is 317. The molecule has 72 valence electrons. The van der Waals surface area contributed by atoms with Crippen LogP contribution >= 0.6 is 0 Å². The Morgan fingerprint density at radius 1 is 1.69 bits per heavy atom. The van der Waals surface area contributed by atoms with E-state index in [1.54, 1.807) is 6.92 Å². The van der Waals surface area contributed by atoms with Gasteiger partial charge in [-0.05, 0) is 18.6 Å². The predicted molar refractivity (Wildman–Crippen MR) is 39.7 cm³/mol. The van der Waals surface area contributed by atoms with Crippen LogP contribution in [-0.2, 0) is 11.2 Å². The summed E-state index contributed by atoms with van der Waals surface area (Å²) < 4.78 is 29.9. The zero-order valence-corrected chi connectivity index (χ0v) is 6.88. The highest BCUT2D eigenvalue weighted by Gasteiger charge is 2.39. The van der Waals surface area contributed by atoms with Gasteiger partial charge in [0.05, 0.1) is 12.7 Å². The number of aryl methyl sites for hydroxylation is 1. The first-order valence-corrected chi connectivity index (χ1v) is 3.57. The highest BCUT2D eigenvalue weighted by molar-refractivity contribution is 5.75. The van der Waals surface area contributed by atoms with Crippen molar-refractivity contribution < 1.29 is 23.1 Å². The molecule has 0 aromatic carbocycles. The van der Waals surface area contributed by atoms with Crippen LogP contribution in [0.15, 0.2) is 16.7 Å². The number of furan rings is 1. The largest absolute Gasteiger partial charge is 0.477 e. The number of halogens is 2. The number of rotatable bonds is 3. The van der Waals surface area contributed by atoms with E-state index in [1.165, 1.54) is 12.3 Å². The summed E-state index contributed by atoms with van der Waals surface area (Å²) in [6.07, 6.45) is 0.392. The van der Waals surface area contributed by atoms with Gasteiger partial charge in [0.1, 0.15) is 5.76 Å². The molecule has 0 spiro atoms. The average Bonchev–Trinajstić information content (AvgIpc) is 2.34. The monoisotopic (exact) mass is 190 g/mol. The molecule has 1 N–H and O–H groups in total. The summed E-state index contributed by atoms with van der Waals surface area (Å²) in [7, 11) is 0. The van der Waals surface area contributed by atoms with E-state index in [0.29, 0.717) is 5.56 Å². The van der Waals surface area contributed by atoms with Crippen molar-refractivity contribution in [1.82, 2.24) is 0 Å². The molecule has 0 saturated heterocycles. The molecule has 1 aromatic heterocycles. The number of carboxylic acid groups (broad SMARTS) is 1. The molecule has 0 bridgehead atoms. The molecule has 0 radical (unpaired) electrons. The summed E-state index contributed by atoms with van der Waals surface area (Å²) in [5.74, 6) is -5.92. The molecule has 0 atom stereocenters. The quantitative estimate of drug-likeness (QED) is 0.791. The fourth-order valence-electron chi connectivity index (χ4n) is 0.878. The maximum absolute atomic E-state index is 12.6. The fourth-order valence-corrected chi connectivity index (χ4v) is 0.878. The third kappa shape index (κ3) is 2.27. The van der Waals surface area contributed by atoms with Gasteiger partial charge in [-0.15, -0.1) is 0 Å². The van der Waals surface area contributed by atoms with Crippen LogP contribution in [0.2, 0.25) is 0 Å². The Morgan fingerprint density at radius 2 is 2.31 bits per heavy atom. The van der Waals surface area contributed by atoms with Crippen molar-refractivity contribution in [2.45, 2.75) is 19.3 Å². The molecular weight excluding hydrogens is 182 g/mol. The van der Waals surface area contributed by atoms with Gasteiger partial charge in [0.25, 0.3) is 0 Å². The van der Waals surface area contributed by atoms with Gasteiger partial charge in [-0.25, -0.2) is 4.79 Å². The zero-order chi connectivity index (χ0) is 10.1. The third-order valence-corrected chi connectivity index (χ3v) is 1.49. The van der Waals surface area contributed by atoms with Gasteiger partial charge in [-0.3, -0.25) is 0 Å². The standard InChI is InChI=1S/C8H8F2O3/c1-5-2-6(13-4-5)3-8(9,10)7(11)12/h2,4H,3H2,1H3,(H,11,12). The van der Waals surface area contributed by atoms with E-state index >= 15 is 0 Å². The van der Waals surface area contributed by atoms with Crippen molar-refractivity contribution in [2.24, 2.45) is 0 Å². The Morgan fingerprint density at radius 3 is 2.69 bits per heavy atom. The van der Waals surface area contributed by atoms with Crippen LogP contribution in [0, 0.1) is 6.92 Å². The normalized spacial score (nSPS) is 11.6. The van der Waals surface area contributed by atoms with Crippen LogP contribution in [0.3, 0.4) is 0 Å². The second-order valence-corrected chi connectivity index (χ2v) is 2.78. The Balaban J connectivity index is 2.74. The van der Waals surface area contributed by atoms with E-state index in [1.807, 2.05) is 0 Å². The molecule has 5 heteroatoms. The van der Waals surface area contributed by atoms with Gasteiger partial charge in [0.2, 0.25) is 0 Å². The Hall–Kier alpha value is -1.39. The third-order valence-electron chi connectivity index (χ3n) is 1.49. The maximum Gasteiger partial charge on any atom is 0.375 e. The summed E-state index contributed by atoms with van der Waals surface area (Å²) in [6, 6.07) is 1.39. The molecule has 0 aliphatic heterocycles. The van der Waals surface area contributed by atoms with Crippen LogP contribution in [0.1, 0.15) is 11.3 Å². The first-order chi connectivity index (χ1) is 5.92. The van der Waals surface area contributed by atoms with Crippen LogP contribution in [0.4, 0.5) is 8.78 Å². The number of alkyl halides is 2. The molecule has 0 fully saturated rings. The fraction of sp³-hybridized carbons (Fsp3) is 0.375. The molecule has 0 amide bonds. The van der Waals surface area contributed by atoms with E-state index in [0.717, 1.165) is 0 Å². The van der Waals surface area contributed by atoms with E-state index in [4.69, 9.17) is 9.52 Å². The molecule has 0 saturated carbocycles. The number of aliphatic carboxylic acids is 1. The van der Waals surface area contributed by atoms with E-state index < -0.39 is 18.3 Å². The SMILES string of the molecule is Cc1coc(CC(F)(F)C(=O)O)c1. The summed E-state index contributed by atoms with van der Waals surface area (Å²) in [5, 5.41) is 8.12. The lowest BCUT2D eigenvalue weighted by Gasteiger charge is -2.07. The van der Waals surface area contributed by atoms with Gasteiger partial charge in [0, 0.05) is 0 Å². The second-order valence-electron chi connectivity index (χ2n) is 2.78. The molecule has 13 heavy (non-hydrogen) atoms. The van der Waals surface area contributed by atoms with Crippen molar-refractivity contribution in [3.05, 3.63) is 23.7 Å². The molecule has 3 nitrogen and oxygen atoms in total. The number of hydrogen-bond donors (Lipinski definition) is 1. The van der Waals surface area contributed by atoms with Crippen molar-refractivity contribution in [3.8, 4) is 0 Å². The predicted octanol–water partition coefficient (Wildman–Crippen LogP) is 1.85. The van der Waals surface area contributed by atoms with Gasteiger partial charge >= 0.3 is 11.9 Å². The van der Waals surface area contributed by atoms with Gasteiger partial charge in [-0.1, -0.05) is 0 Å². The Kier molecular flexibility index (Phi) is 2.36. The smallest absolute Gasteiger partial charge is 0.375 e. The molecule has 1 heterocycles. The minimum atomic E-state index is -3.76. The van der Waals surface area contributed by atoms with Gasteiger partial charge in [-0.2, -0.15) is 8.78 Å². The van der Waals surface area contributed by atoms with Crippen molar-refractivity contribution in [2.75, 3.05) is 0 Å². The lowest BCUT2D eigenvalue weighted by Crippen LogP contribution is -2.30. The molecule has 1 aromatic rings. The lowest BCUT2D eigenvalue weighted by atomic mass is 10.2. The summed E-state index contributed by atoms with van der Waals surface area (Å²) >= 11 is 0. The first kappa shape index (κ1) is 9.70. The highest BCUT2D eigenvalue weighted by atomic mass is 19.3. The molecule has 0 aliphatic carbocycles.